The van der Waals surface area contributed by atoms with Crippen molar-refractivity contribution in [2.24, 2.45) is 17.8 Å². The van der Waals surface area contributed by atoms with Gasteiger partial charge in [-0.3, -0.25) is 9.69 Å². The number of rotatable bonds is 6. The summed E-state index contributed by atoms with van der Waals surface area (Å²) in [5.41, 5.74) is 2.97. The van der Waals surface area contributed by atoms with Gasteiger partial charge in [-0.1, -0.05) is 43.7 Å². The number of amides is 1. The smallest absolute Gasteiger partial charge is 0.264 e. The van der Waals surface area contributed by atoms with Crippen molar-refractivity contribution < 1.29 is 22.7 Å². The molecule has 1 N–H and O–H groups in total. The molecule has 9 nitrogen and oxygen atoms in total. The van der Waals surface area contributed by atoms with Crippen molar-refractivity contribution in [2.45, 2.75) is 88.9 Å². The molecule has 3 aliphatic heterocycles. The van der Waals surface area contributed by atoms with Gasteiger partial charge in [0.15, 0.2) is 0 Å². The van der Waals surface area contributed by atoms with E-state index in [2.05, 4.69) is 57.6 Å². The molecule has 11 heteroatoms. The molecule has 7 rings (SSSR count). The first kappa shape index (κ1) is 38.6. The van der Waals surface area contributed by atoms with E-state index in [1.807, 2.05) is 25.1 Å². The Labute approximate surface area is 322 Å². The number of piperazine rings is 1. The van der Waals surface area contributed by atoms with Gasteiger partial charge in [-0.05, 0) is 125 Å². The van der Waals surface area contributed by atoms with Gasteiger partial charge in [0.05, 0.1) is 17.5 Å². The molecule has 2 bridgehead atoms. The molecular weight excluding hydrogens is 708 g/mol. The van der Waals surface area contributed by atoms with E-state index in [1.165, 1.54) is 11.1 Å². The Morgan fingerprint density at radius 2 is 1.83 bits per heavy atom. The summed E-state index contributed by atoms with van der Waals surface area (Å²) in [5.74, 6) is 0.540. The van der Waals surface area contributed by atoms with Gasteiger partial charge in [0.1, 0.15) is 11.4 Å². The number of sulfonamides is 1. The van der Waals surface area contributed by atoms with Crippen molar-refractivity contribution in [3.8, 4) is 5.75 Å². The predicted octanol–water partition coefficient (Wildman–Crippen LogP) is 6.69. The summed E-state index contributed by atoms with van der Waals surface area (Å²) < 4.78 is 43.4. The summed E-state index contributed by atoms with van der Waals surface area (Å²) in [6, 6.07) is 11.7. The van der Waals surface area contributed by atoms with Crippen molar-refractivity contribution in [3.63, 3.8) is 0 Å². The minimum Gasteiger partial charge on any atom is -0.490 e. The fraction of sp³-hybridized carbons (Fsp3) is 0.643. The Bertz CT molecular complexity index is 1780. The lowest BCUT2D eigenvalue weighted by Crippen LogP contribution is -2.59. The third-order valence-corrected chi connectivity index (χ3v) is 15.3. The molecule has 1 spiro atoms. The molecule has 2 aromatic carbocycles. The molecule has 5 aliphatic rings. The summed E-state index contributed by atoms with van der Waals surface area (Å²) in [6.45, 7) is 16.7. The number of anilines is 1. The van der Waals surface area contributed by atoms with Gasteiger partial charge in [0.25, 0.3) is 5.91 Å². The summed E-state index contributed by atoms with van der Waals surface area (Å²) in [5, 5.41) is -0.0173. The van der Waals surface area contributed by atoms with Gasteiger partial charge < -0.3 is 19.3 Å². The molecule has 2 fully saturated rings. The highest BCUT2D eigenvalue weighted by atomic mass is 35.5. The third-order valence-electron chi connectivity index (χ3n) is 13.1. The van der Waals surface area contributed by atoms with E-state index in [0.717, 1.165) is 107 Å². The predicted molar refractivity (Wildman–Crippen MR) is 213 cm³/mol. The zero-order valence-corrected chi connectivity index (χ0v) is 33.7. The number of ether oxygens (including phenoxy) is 2. The third kappa shape index (κ3) is 7.91. The lowest BCUT2D eigenvalue weighted by molar-refractivity contribution is -0.112. The molecule has 290 valence electrons. The van der Waals surface area contributed by atoms with Gasteiger partial charge in [0, 0.05) is 68.4 Å². The lowest BCUT2D eigenvalue weighted by Gasteiger charge is -2.52. The number of halogens is 1. The lowest BCUT2D eigenvalue weighted by atomic mass is 9.63. The van der Waals surface area contributed by atoms with E-state index in [0.29, 0.717) is 31.1 Å². The van der Waals surface area contributed by atoms with Crippen LogP contribution in [0.15, 0.2) is 48.6 Å². The highest BCUT2D eigenvalue weighted by Gasteiger charge is 2.50. The van der Waals surface area contributed by atoms with Crippen LogP contribution < -0.4 is 14.4 Å². The number of carbonyl (C=O) groups excluding carboxylic acids is 1. The van der Waals surface area contributed by atoms with Crippen molar-refractivity contribution in [1.29, 1.82) is 0 Å². The van der Waals surface area contributed by atoms with Crippen molar-refractivity contribution >= 4 is 33.2 Å². The Kier molecular flexibility index (Phi) is 11.6. The Hall–Kier alpha value is -2.63. The molecule has 2 aliphatic carbocycles. The Morgan fingerprint density at radius 3 is 2.57 bits per heavy atom. The first-order chi connectivity index (χ1) is 25.5. The van der Waals surface area contributed by atoms with Crippen LogP contribution in [0.3, 0.4) is 0 Å². The highest BCUT2D eigenvalue weighted by Crippen LogP contribution is 2.49. The van der Waals surface area contributed by atoms with Crippen molar-refractivity contribution in [3.05, 3.63) is 70.3 Å². The second-order valence-electron chi connectivity index (χ2n) is 16.5. The number of carbonyl (C=O) groups is 1. The van der Waals surface area contributed by atoms with Crippen LogP contribution in [0.1, 0.15) is 87.7 Å². The molecule has 0 radical (unpaired) electrons. The average molecular weight is 767 g/mol. The minimum atomic E-state index is -3.95. The highest BCUT2D eigenvalue weighted by molar-refractivity contribution is 7.90. The number of allylic oxidation sites excluding steroid dienone is 1. The fourth-order valence-corrected chi connectivity index (χ4v) is 11.3. The normalized spacial score (nSPS) is 32.8. The molecular formula is C42H59ClN4O5S. The number of hydrogen-bond donors (Lipinski definition) is 1. The molecule has 3 heterocycles. The van der Waals surface area contributed by atoms with Crippen LogP contribution in [0.25, 0.3) is 0 Å². The standard InChI is InChI=1S/C42H59ClN4O5S/c1-5-19-45-20-22-46(23-21-45)28-42(52-6-2)18-7-9-30(3)31(4)53(49,50)44-40(48)33-12-16-39-38(25-33)47(26-34-11-14-37(34)42)27-41(29-51-39)17-8-10-32-24-35(43)13-15-36(32)41/h7,12-13,15-16,18,24-25,30-31,34,37H,5-6,8-11,14,17,19-23,26-29H2,1-4H3,(H,44,48)/b18-7-/t30-,31+,34-,37+,41-,42-/m0/s1. The largest absolute Gasteiger partial charge is 0.490 e. The molecule has 1 saturated heterocycles. The van der Waals surface area contributed by atoms with E-state index >= 15 is 0 Å². The van der Waals surface area contributed by atoms with Crippen molar-refractivity contribution in [1.82, 2.24) is 14.5 Å². The van der Waals surface area contributed by atoms with Gasteiger partial charge in [-0.25, -0.2) is 13.1 Å². The maximum absolute atomic E-state index is 13.7. The van der Waals surface area contributed by atoms with Gasteiger partial charge >= 0.3 is 0 Å². The van der Waals surface area contributed by atoms with Crippen LogP contribution >= 0.6 is 11.6 Å². The molecule has 1 amide bonds. The number of hydrogen-bond acceptors (Lipinski definition) is 8. The van der Waals surface area contributed by atoms with E-state index in [-0.39, 0.29) is 17.3 Å². The molecule has 0 unspecified atom stereocenters. The van der Waals surface area contributed by atoms with E-state index in [1.54, 1.807) is 13.0 Å². The number of nitrogens with one attached hydrogen (secondary N) is 1. The van der Waals surface area contributed by atoms with Gasteiger partial charge in [0.2, 0.25) is 10.0 Å². The summed E-state index contributed by atoms with van der Waals surface area (Å²) in [7, 11) is -3.95. The molecule has 6 atom stereocenters. The number of benzene rings is 2. The fourth-order valence-electron chi connectivity index (χ4n) is 9.83. The monoisotopic (exact) mass is 766 g/mol. The van der Waals surface area contributed by atoms with Crippen LogP contribution in [-0.2, 0) is 26.6 Å². The number of nitrogens with zero attached hydrogens (tertiary/aromatic N) is 3. The zero-order valence-electron chi connectivity index (χ0n) is 32.1. The van der Waals surface area contributed by atoms with Crippen LogP contribution in [0.5, 0.6) is 5.75 Å². The van der Waals surface area contributed by atoms with E-state index in [4.69, 9.17) is 21.1 Å². The Morgan fingerprint density at radius 1 is 1.04 bits per heavy atom. The summed E-state index contributed by atoms with van der Waals surface area (Å²) >= 11 is 6.51. The Balaban J connectivity index is 1.30. The van der Waals surface area contributed by atoms with Crippen molar-refractivity contribution in [2.75, 3.05) is 70.5 Å². The summed E-state index contributed by atoms with van der Waals surface area (Å²) in [6.07, 6.45) is 11.4. The molecule has 2 aromatic rings. The average Bonchev–Trinajstić information content (AvgIpc) is 3.26. The number of aryl methyl sites for hydroxylation is 1. The van der Waals surface area contributed by atoms with Gasteiger partial charge in [-0.2, -0.15) is 0 Å². The maximum Gasteiger partial charge on any atom is 0.264 e. The topological polar surface area (TPSA) is 91.4 Å². The van der Waals surface area contributed by atoms with Crippen LogP contribution in [0, 0.1) is 17.8 Å². The maximum atomic E-state index is 13.7. The van der Waals surface area contributed by atoms with Gasteiger partial charge in [-0.15, -0.1) is 0 Å². The zero-order chi connectivity index (χ0) is 37.4. The SMILES string of the molecule is CCCN1CCN(C[C@@]2(OCC)/C=C\C[C@H](C)[C@@H](C)S(=O)(=O)NC(=O)c3ccc4c(c3)N(C[C@@H]3CC[C@H]32)C[C@@]2(CCCc3cc(Cl)ccc32)CO4)CC1. The second-order valence-corrected chi connectivity index (χ2v) is 19.0. The number of fused-ring (bicyclic) bond motifs is 4. The quantitative estimate of drug-likeness (QED) is 0.326. The first-order valence-electron chi connectivity index (χ1n) is 20.1. The first-order valence-corrected chi connectivity index (χ1v) is 22.0. The van der Waals surface area contributed by atoms with E-state index in [9.17, 15) is 13.2 Å². The second kappa shape index (κ2) is 15.8. The molecule has 53 heavy (non-hydrogen) atoms. The summed E-state index contributed by atoms with van der Waals surface area (Å²) in [4.78, 5) is 21.3. The molecule has 0 aromatic heterocycles. The van der Waals surface area contributed by atoms with Crippen LogP contribution in [-0.4, -0.2) is 101 Å². The van der Waals surface area contributed by atoms with Crippen LogP contribution in [0.4, 0.5) is 5.69 Å². The molecule has 1 saturated carbocycles. The minimum absolute atomic E-state index is 0.209. The van der Waals surface area contributed by atoms with E-state index < -0.39 is 26.8 Å². The van der Waals surface area contributed by atoms with Crippen LogP contribution in [0.2, 0.25) is 5.02 Å².